The molecular formula is C44H66O6. The summed E-state index contributed by atoms with van der Waals surface area (Å²) in [7, 11) is 0. The Bertz CT molecular complexity index is 1300. The fraction of sp³-hybridized carbons (Fsp3) is 0.795. The zero-order chi connectivity index (χ0) is 34.9. The predicted octanol–water partition coefficient (Wildman–Crippen LogP) is 11.1. The lowest BCUT2D eigenvalue weighted by Crippen LogP contribution is -2.51. The molecule has 3 saturated carbocycles. The Balaban J connectivity index is 1.01. The smallest absolute Gasteiger partial charge is 0.338 e. The first-order valence-electron chi connectivity index (χ1n) is 20.7. The summed E-state index contributed by atoms with van der Waals surface area (Å²) in [4.78, 5) is 13.8. The molecule has 2 heterocycles. The highest BCUT2D eigenvalue weighted by Gasteiger charge is 2.59. The van der Waals surface area contributed by atoms with Gasteiger partial charge in [-0.05, 0) is 129 Å². The molecule has 0 spiro atoms. The maximum absolute atomic E-state index is 13.8. The molecule has 6 aliphatic rings. The van der Waals surface area contributed by atoms with E-state index in [4.69, 9.17) is 23.7 Å². The van der Waals surface area contributed by atoms with Gasteiger partial charge in [0.2, 0.25) is 0 Å². The molecule has 0 bridgehead atoms. The molecule has 7 rings (SSSR count). The Kier molecular flexibility index (Phi) is 11.3. The number of hydrogen-bond donors (Lipinski definition) is 0. The molecule has 6 heteroatoms. The molecule has 2 unspecified atom stereocenters. The summed E-state index contributed by atoms with van der Waals surface area (Å²) in [5, 5.41) is 0. The van der Waals surface area contributed by atoms with Crippen molar-refractivity contribution in [1.82, 2.24) is 0 Å². The summed E-state index contributed by atoms with van der Waals surface area (Å²) in [6.07, 6.45) is 21.6. The summed E-state index contributed by atoms with van der Waals surface area (Å²) in [5.74, 6) is 5.81. The van der Waals surface area contributed by atoms with Gasteiger partial charge in [-0.1, -0.05) is 65.5 Å². The third-order valence-corrected chi connectivity index (χ3v) is 14.5. The first-order valence-corrected chi connectivity index (χ1v) is 20.7. The van der Waals surface area contributed by atoms with Crippen LogP contribution in [0.25, 0.3) is 0 Å². The van der Waals surface area contributed by atoms with E-state index < -0.39 is 0 Å². The average molecular weight is 691 g/mol. The van der Waals surface area contributed by atoms with Crippen LogP contribution in [0.3, 0.4) is 0 Å². The Morgan fingerprint density at radius 1 is 0.820 bits per heavy atom. The van der Waals surface area contributed by atoms with Gasteiger partial charge in [-0.3, -0.25) is 0 Å². The zero-order valence-corrected chi connectivity index (χ0v) is 31.9. The monoisotopic (exact) mass is 690 g/mol. The van der Waals surface area contributed by atoms with E-state index in [2.05, 4.69) is 40.7 Å². The minimum absolute atomic E-state index is 0.105. The Hall–Kier alpha value is -2.05. The lowest BCUT2D eigenvalue weighted by molar-refractivity contribution is -0.109. The van der Waals surface area contributed by atoms with Crippen LogP contribution in [0.1, 0.15) is 154 Å². The van der Waals surface area contributed by atoms with Crippen LogP contribution in [-0.2, 0) is 14.2 Å². The number of allylic oxidation sites excluding steroid dienone is 1. The summed E-state index contributed by atoms with van der Waals surface area (Å²) < 4.78 is 30.5. The number of ether oxygens (including phenoxy) is 5. The fourth-order valence-corrected chi connectivity index (χ4v) is 11.7. The molecule has 1 aromatic carbocycles. The van der Waals surface area contributed by atoms with Gasteiger partial charge in [-0.15, -0.1) is 0 Å². The van der Waals surface area contributed by atoms with Gasteiger partial charge in [0.05, 0.1) is 18.8 Å². The van der Waals surface area contributed by atoms with Crippen molar-refractivity contribution in [3.63, 3.8) is 0 Å². The van der Waals surface area contributed by atoms with Gasteiger partial charge >= 0.3 is 5.97 Å². The van der Waals surface area contributed by atoms with Gasteiger partial charge in [0.25, 0.3) is 0 Å². The molecule has 4 aliphatic carbocycles. The number of fused-ring (bicyclic) bond motifs is 5. The van der Waals surface area contributed by atoms with E-state index >= 15 is 0 Å². The molecule has 10 atom stereocenters. The molecule has 0 radical (unpaired) electrons. The highest BCUT2D eigenvalue weighted by atomic mass is 16.7. The van der Waals surface area contributed by atoms with E-state index in [1.807, 2.05) is 6.07 Å². The minimum Gasteiger partial charge on any atom is -0.465 e. The van der Waals surface area contributed by atoms with E-state index in [9.17, 15) is 4.79 Å². The van der Waals surface area contributed by atoms with Crippen molar-refractivity contribution in [2.75, 3.05) is 13.2 Å². The van der Waals surface area contributed by atoms with E-state index in [0.717, 1.165) is 93.3 Å². The van der Waals surface area contributed by atoms with E-state index in [0.29, 0.717) is 35.7 Å². The quantitative estimate of drug-likeness (QED) is 0.170. The van der Waals surface area contributed by atoms with Crippen LogP contribution < -0.4 is 9.47 Å². The number of carbonyl (C=O) groups excluding carboxylic acids is 1. The molecule has 1 aromatic rings. The van der Waals surface area contributed by atoms with Crippen LogP contribution in [0.4, 0.5) is 0 Å². The molecule has 6 nitrogen and oxygen atoms in total. The second-order valence-corrected chi connectivity index (χ2v) is 18.1. The number of esters is 1. The molecule has 2 aliphatic heterocycles. The van der Waals surface area contributed by atoms with E-state index in [1.165, 1.54) is 51.4 Å². The van der Waals surface area contributed by atoms with Crippen LogP contribution in [0.15, 0.2) is 29.8 Å². The van der Waals surface area contributed by atoms with Crippen LogP contribution in [0.5, 0.6) is 11.5 Å². The maximum Gasteiger partial charge on any atom is 0.338 e. The second kappa shape index (κ2) is 15.5. The molecule has 5 fully saturated rings. The second-order valence-electron chi connectivity index (χ2n) is 18.1. The summed E-state index contributed by atoms with van der Waals surface area (Å²) >= 11 is 0. The van der Waals surface area contributed by atoms with Crippen LogP contribution in [0, 0.1) is 46.3 Å². The Labute approximate surface area is 302 Å². The Morgan fingerprint density at radius 3 is 2.16 bits per heavy atom. The third kappa shape index (κ3) is 7.68. The van der Waals surface area contributed by atoms with Gasteiger partial charge in [0.15, 0.2) is 12.6 Å². The van der Waals surface area contributed by atoms with Crippen molar-refractivity contribution >= 4 is 5.97 Å². The number of rotatable bonds is 11. The van der Waals surface area contributed by atoms with Gasteiger partial charge in [-0.2, -0.15) is 0 Å². The standard InChI is InChI=1S/C44H66O6/c1-29(2)11-10-12-30(3)37-17-18-38-36-16-15-32-27-33(19-21-43(32,4)39(36)20-22-44(37,38)5)50-42(45)31-25-34(48-40-13-6-8-23-46-40)28-35(26-31)49-41-14-7-9-24-47-41/h15,25-26,28-30,33,36-41H,6-14,16-24,27H2,1-5H3/t30-,33+,36+,37-,38+,39+,40?,41?,43+,44-/m1/s1. The van der Waals surface area contributed by atoms with Crippen molar-refractivity contribution in [2.45, 2.75) is 162 Å². The van der Waals surface area contributed by atoms with Crippen molar-refractivity contribution in [3.05, 3.63) is 35.4 Å². The molecule has 278 valence electrons. The van der Waals surface area contributed by atoms with Crippen LogP contribution in [-0.4, -0.2) is 37.9 Å². The highest BCUT2D eigenvalue weighted by Crippen LogP contribution is 2.67. The Morgan fingerprint density at radius 2 is 1.52 bits per heavy atom. The van der Waals surface area contributed by atoms with Crippen molar-refractivity contribution in [2.24, 2.45) is 46.3 Å². The SMILES string of the molecule is CC(C)CCC[C@@H](C)[C@H]1CC[C@H]2[C@@H]3CC=C4C[C@@H](OC(=O)c5cc(OC6CCCCO6)cc(OC6CCCCO6)c5)CC[C@]4(C)[C@H]3CC[C@]12C. The number of hydrogen-bond acceptors (Lipinski definition) is 6. The van der Waals surface area contributed by atoms with Crippen molar-refractivity contribution in [3.8, 4) is 11.5 Å². The fourth-order valence-electron chi connectivity index (χ4n) is 11.7. The molecule has 0 N–H and O–H groups in total. The molecular weight excluding hydrogens is 624 g/mol. The first-order chi connectivity index (χ1) is 24.1. The molecule has 50 heavy (non-hydrogen) atoms. The first kappa shape index (κ1) is 36.3. The lowest BCUT2D eigenvalue weighted by atomic mass is 9.47. The van der Waals surface area contributed by atoms with E-state index in [-0.39, 0.29) is 30.1 Å². The molecule has 0 aromatic heterocycles. The minimum atomic E-state index is -0.308. The normalized spacial score (nSPS) is 37.6. The lowest BCUT2D eigenvalue weighted by Gasteiger charge is -2.58. The van der Waals surface area contributed by atoms with Gasteiger partial charge in [0, 0.05) is 25.3 Å². The van der Waals surface area contributed by atoms with Gasteiger partial charge < -0.3 is 23.7 Å². The molecule has 2 saturated heterocycles. The van der Waals surface area contributed by atoms with Crippen molar-refractivity contribution < 1.29 is 28.5 Å². The number of carbonyl (C=O) groups is 1. The summed E-state index contributed by atoms with van der Waals surface area (Å²) in [6.45, 7) is 13.9. The van der Waals surface area contributed by atoms with Crippen LogP contribution >= 0.6 is 0 Å². The highest BCUT2D eigenvalue weighted by molar-refractivity contribution is 5.90. The predicted molar refractivity (Wildman–Crippen MR) is 197 cm³/mol. The van der Waals surface area contributed by atoms with Gasteiger partial charge in [0.1, 0.15) is 17.6 Å². The summed E-state index contributed by atoms with van der Waals surface area (Å²) in [5.41, 5.74) is 2.74. The number of benzene rings is 1. The van der Waals surface area contributed by atoms with Crippen molar-refractivity contribution in [1.29, 1.82) is 0 Å². The summed E-state index contributed by atoms with van der Waals surface area (Å²) in [6, 6.07) is 5.45. The van der Waals surface area contributed by atoms with Crippen LogP contribution in [0.2, 0.25) is 0 Å². The third-order valence-electron chi connectivity index (χ3n) is 14.5. The maximum atomic E-state index is 13.8. The molecule has 0 amide bonds. The topological polar surface area (TPSA) is 63.2 Å². The average Bonchev–Trinajstić information content (AvgIpc) is 3.46. The van der Waals surface area contributed by atoms with Gasteiger partial charge in [-0.25, -0.2) is 4.79 Å². The zero-order valence-electron chi connectivity index (χ0n) is 31.9. The largest absolute Gasteiger partial charge is 0.465 e. The van der Waals surface area contributed by atoms with E-state index in [1.54, 1.807) is 17.7 Å².